The van der Waals surface area contributed by atoms with Crippen molar-refractivity contribution >= 4 is 34.0 Å². The first kappa shape index (κ1) is 25.1. The maximum Gasteiger partial charge on any atom is 0.219 e. The van der Waals surface area contributed by atoms with E-state index in [1.807, 2.05) is 12.1 Å². The van der Waals surface area contributed by atoms with Gasteiger partial charge in [-0.05, 0) is 36.0 Å². The zero-order valence-corrected chi connectivity index (χ0v) is 22.2. The molecule has 1 aromatic heterocycles. The Morgan fingerprint density at radius 1 is 1.26 bits per heavy atom. The maximum atomic E-state index is 13.6. The standard InChI is InChI=1S/C25H29N5O3S2/c1-6-9-34-24-29-28-23(35-24)30-16-11-25(2,3)12-17(31)21(16)20(15(13-26)22(30)27)14-7-8-18(32-4)19(10-14)33-5/h7-8,10,20H,6,9,11-12,27H2,1-5H3. The van der Waals surface area contributed by atoms with Gasteiger partial charge in [0.2, 0.25) is 5.13 Å². The van der Waals surface area contributed by atoms with Gasteiger partial charge in [0.1, 0.15) is 5.82 Å². The summed E-state index contributed by atoms with van der Waals surface area (Å²) in [5.74, 6) is 1.71. The molecule has 0 radical (unpaired) electrons. The zero-order valence-electron chi connectivity index (χ0n) is 20.5. The molecular formula is C25H29N5O3S2. The van der Waals surface area contributed by atoms with Gasteiger partial charge >= 0.3 is 0 Å². The summed E-state index contributed by atoms with van der Waals surface area (Å²) < 4.78 is 11.7. The molecule has 10 heteroatoms. The van der Waals surface area contributed by atoms with Crippen molar-refractivity contribution in [3.8, 4) is 17.6 Å². The van der Waals surface area contributed by atoms with Crippen molar-refractivity contribution in [1.29, 1.82) is 5.26 Å². The van der Waals surface area contributed by atoms with E-state index in [2.05, 4.69) is 37.0 Å². The molecule has 2 aromatic rings. The van der Waals surface area contributed by atoms with E-state index in [1.54, 1.807) is 36.9 Å². The van der Waals surface area contributed by atoms with E-state index in [4.69, 9.17) is 15.2 Å². The first-order valence-corrected chi connectivity index (χ1v) is 13.2. The molecule has 4 rings (SSSR count). The van der Waals surface area contributed by atoms with Crippen molar-refractivity contribution in [1.82, 2.24) is 10.2 Å². The summed E-state index contributed by atoms with van der Waals surface area (Å²) in [4.78, 5) is 15.4. The number of nitrogens with zero attached hydrogens (tertiary/aromatic N) is 4. The third-order valence-corrected chi connectivity index (χ3v) is 8.39. The van der Waals surface area contributed by atoms with Gasteiger partial charge in [0.15, 0.2) is 21.6 Å². The normalized spacial score (nSPS) is 19.5. The molecule has 0 saturated heterocycles. The molecule has 0 fully saturated rings. The fraction of sp³-hybridized carbons (Fsp3) is 0.440. The Hall–Kier alpha value is -3.03. The van der Waals surface area contributed by atoms with Crippen molar-refractivity contribution in [3.05, 3.63) is 46.4 Å². The predicted octanol–water partition coefficient (Wildman–Crippen LogP) is 5.00. The second-order valence-corrected chi connectivity index (χ2v) is 11.6. The van der Waals surface area contributed by atoms with Gasteiger partial charge in [0.25, 0.3) is 0 Å². The highest BCUT2D eigenvalue weighted by molar-refractivity contribution is 8.01. The molecule has 35 heavy (non-hydrogen) atoms. The van der Waals surface area contributed by atoms with Crippen molar-refractivity contribution in [3.63, 3.8) is 0 Å². The fourth-order valence-corrected chi connectivity index (χ4v) is 6.44. The first-order valence-electron chi connectivity index (χ1n) is 11.4. The van der Waals surface area contributed by atoms with Crippen LogP contribution in [0.5, 0.6) is 11.5 Å². The molecule has 2 N–H and O–H groups in total. The third-order valence-electron chi connectivity index (χ3n) is 6.14. The average molecular weight is 512 g/mol. The molecule has 1 aromatic carbocycles. The molecule has 0 spiro atoms. The number of methoxy groups -OCH3 is 2. The van der Waals surface area contributed by atoms with Gasteiger partial charge in [-0.3, -0.25) is 9.69 Å². The Kier molecular flexibility index (Phi) is 7.10. The second-order valence-electron chi connectivity index (χ2n) is 9.29. The Morgan fingerprint density at radius 2 is 2.00 bits per heavy atom. The topological polar surface area (TPSA) is 114 Å². The molecule has 0 saturated carbocycles. The minimum Gasteiger partial charge on any atom is -0.493 e. The number of Topliss-reactive ketones (excluding diaryl/α,β-unsaturated/α-hetero) is 1. The first-order chi connectivity index (χ1) is 16.7. The maximum absolute atomic E-state index is 13.6. The van der Waals surface area contributed by atoms with Gasteiger partial charge in [-0.1, -0.05) is 49.9 Å². The lowest BCUT2D eigenvalue weighted by Gasteiger charge is -2.42. The molecule has 1 unspecified atom stereocenters. The lowest BCUT2D eigenvalue weighted by Crippen LogP contribution is -2.42. The summed E-state index contributed by atoms with van der Waals surface area (Å²) >= 11 is 3.06. The van der Waals surface area contributed by atoms with E-state index in [-0.39, 0.29) is 17.0 Å². The van der Waals surface area contributed by atoms with Crippen LogP contribution < -0.4 is 20.1 Å². The Morgan fingerprint density at radius 3 is 2.66 bits per heavy atom. The lowest BCUT2D eigenvalue weighted by atomic mass is 9.68. The van der Waals surface area contributed by atoms with Crippen molar-refractivity contribution in [2.45, 2.75) is 50.3 Å². The zero-order chi connectivity index (χ0) is 25.3. The number of ketones is 1. The van der Waals surface area contributed by atoms with Crippen LogP contribution in [0.2, 0.25) is 0 Å². The summed E-state index contributed by atoms with van der Waals surface area (Å²) in [6, 6.07) is 7.74. The van der Waals surface area contributed by atoms with Crippen LogP contribution in [-0.4, -0.2) is 36.0 Å². The van der Waals surface area contributed by atoms with Gasteiger partial charge in [-0.25, -0.2) is 0 Å². The van der Waals surface area contributed by atoms with Crippen LogP contribution in [0.3, 0.4) is 0 Å². The molecule has 2 aliphatic rings. The Balaban J connectivity index is 1.92. The number of thioether (sulfide) groups is 1. The fourth-order valence-electron chi connectivity index (χ4n) is 4.63. The van der Waals surface area contributed by atoms with Crippen molar-refractivity contribution in [2.75, 3.05) is 24.9 Å². The van der Waals surface area contributed by atoms with Gasteiger partial charge in [0, 0.05) is 23.4 Å². The van der Waals surface area contributed by atoms with E-state index >= 15 is 0 Å². The third kappa shape index (κ3) is 4.62. The van der Waals surface area contributed by atoms with Gasteiger partial charge in [-0.15, -0.1) is 10.2 Å². The number of carbonyl (C=O) groups excluding carboxylic acids is 1. The number of rotatable bonds is 7. The van der Waals surface area contributed by atoms with Crippen LogP contribution in [0, 0.1) is 16.7 Å². The smallest absolute Gasteiger partial charge is 0.219 e. The van der Waals surface area contributed by atoms with E-state index in [9.17, 15) is 10.1 Å². The van der Waals surface area contributed by atoms with E-state index < -0.39 is 5.92 Å². The number of anilines is 1. The number of carbonyl (C=O) groups is 1. The summed E-state index contributed by atoms with van der Waals surface area (Å²) in [5.41, 5.74) is 8.85. The quantitative estimate of drug-likeness (QED) is 0.513. The largest absolute Gasteiger partial charge is 0.493 e. The van der Waals surface area contributed by atoms with Crippen LogP contribution in [-0.2, 0) is 4.79 Å². The van der Waals surface area contributed by atoms with Crippen molar-refractivity contribution < 1.29 is 14.3 Å². The number of benzene rings is 1. The number of hydrogen-bond acceptors (Lipinski definition) is 10. The monoisotopic (exact) mass is 511 g/mol. The van der Waals surface area contributed by atoms with Gasteiger partial charge in [0.05, 0.1) is 31.8 Å². The van der Waals surface area contributed by atoms with Crippen LogP contribution in [0.15, 0.2) is 45.2 Å². The number of allylic oxidation sites excluding steroid dienone is 3. The highest BCUT2D eigenvalue weighted by Crippen LogP contribution is 2.51. The minimum atomic E-state index is -0.600. The SMILES string of the molecule is CCCSc1nnc(N2C(N)=C(C#N)C(c3ccc(OC)c(OC)c3)C3=C2CC(C)(C)CC3=O)s1. The second kappa shape index (κ2) is 9.91. The Bertz CT molecular complexity index is 1260. The molecular weight excluding hydrogens is 482 g/mol. The molecule has 2 heterocycles. The number of aromatic nitrogens is 2. The minimum absolute atomic E-state index is 0.00591. The van der Waals surface area contributed by atoms with Gasteiger partial charge in [-0.2, -0.15) is 5.26 Å². The summed E-state index contributed by atoms with van der Waals surface area (Å²) in [7, 11) is 3.12. The summed E-state index contributed by atoms with van der Waals surface area (Å²) in [5, 5.41) is 19.5. The molecule has 0 bridgehead atoms. The summed E-state index contributed by atoms with van der Waals surface area (Å²) in [6.07, 6.45) is 2.03. The number of ether oxygens (including phenoxy) is 2. The van der Waals surface area contributed by atoms with E-state index in [1.165, 1.54) is 11.3 Å². The molecule has 8 nitrogen and oxygen atoms in total. The highest BCUT2D eigenvalue weighted by atomic mass is 32.2. The molecule has 1 aliphatic heterocycles. The molecule has 184 valence electrons. The van der Waals surface area contributed by atoms with E-state index in [0.717, 1.165) is 27.8 Å². The van der Waals surface area contributed by atoms with Crippen molar-refractivity contribution in [2.24, 2.45) is 11.1 Å². The van der Waals surface area contributed by atoms with Crippen LogP contribution in [0.1, 0.15) is 51.5 Å². The highest BCUT2D eigenvalue weighted by Gasteiger charge is 2.45. The molecule has 1 atom stereocenters. The molecule has 1 aliphatic carbocycles. The summed E-state index contributed by atoms with van der Waals surface area (Å²) in [6.45, 7) is 6.25. The molecule has 0 amide bonds. The van der Waals surface area contributed by atoms with Gasteiger partial charge < -0.3 is 15.2 Å². The lowest BCUT2D eigenvalue weighted by molar-refractivity contribution is -0.118. The average Bonchev–Trinajstić information content (AvgIpc) is 3.29. The number of nitriles is 1. The van der Waals surface area contributed by atoms with Crippen LogP contribution >= 0.6 is 23.1 Å². The van der Waals surface area contributed by atoms with Crippen LogP contribution in [0.25, 0.3) is 0 Å². The predicted molar refractivity (Wildman–Crippen MR) is 138 cm³/mol. The Labute approximate surface area is 213 Å². The van der Waals surface area contributed by atoms with E-state index in [0.29, 0.717) is 40.6 Å². The number of hydrogen-bond donors (Lipinski definition) is 1. The number of nitrogens with two attached hydrogens (primary N) is 1. The van der Waals surface area contributed by atoms with Crippen LogP contribution in [0.4, 0.5) is 5.13 Å².